The molecule has 1 rings (SSSR count). The van der Waals surface area contributed by atoms with Crippen LogP contribution in [-0.4, -0.2) is 22.5 Å². The Morgan fingerprint density at radius 2 is 2.25 bits per heavy atom. The highest BCUT2D eigenvalue weighted by Crippen LogP contribution is 2.27. The van der Waals surface area contributed by atoms with Crippen LogP contribution >= 0.6 is 11.3 Å². The van der Waals surface area contributed by atoms with E-state index in [2.05, 4.69) is 10.3 Å². The summed E-state index contributed by atoms with van der Waals surface area (Å²) >= 11 is 1.40. The van der Waals surface area contributed by atoms with Crippen molar-refractivity contribution in [1.82, 2.24) is 10.3 Å². The summed E-state index contributed by atoms with van der Waals surface area (Å²) in [5.41, 5.74) is 0.252. The second-order valence-corrected chi connectivity index (χ2v) is 5.24. The van der Waals surface area contributed by atoms with Crippen molar-refractivity contribution in [2.75, 3.05) is 0 Å². The molecule has 1 atom stereocenters. The van der Waals surface area contributed by atoms with E-state index in [0.717, 1.165) is 5.01 Å². The minimum atomic E-state index is -1.11. The molecule has 6 heteroatoms. The number of amides is 1. The molecule has 16 heavy (non-hydrogen) atoms. The predicted molar refractivity (Wildman–Crippen MR) is 60.4 cm³/mol. The van der Waals surface area contributed by atoms with Crippen LogP contribution in [0.1, 0.15) is 37.5 Å². The van der Waals surface area contributed by atoms with E-state index in [1.54, 1.807) is 5.38 Å². The van der Waals surface area contributed by atoms with Crippen molar-refractivity contribution in [3.63, 3.8) is 0 Å². The lowest BCUT2D eigenvalue weighted by Gasteiger charge is -2.14. The monoisotopic (exact) mass is 242 g/mol. The number of thiazole rings is 1. The average Bonchev–Trinajstić information content (AvgIpc) is 2.61. The zero-order chi connectivity index (χ0) is 12.3. The minimum Gasteiger partial charge on any atom is -0.479 e. The largest absolute Gasteiger partial charge is 0.479 e. The van der Waals surface area contributed by atoms with E-state index in [0.29, 0.717) is 12.1 Å². The quantitative estimate of drug-likeness (QED) is 0.780. The normalized spacial score (nSPS) is 13.2. The van der Waals surface area contributed by atoms with Crippen LogP contribution in [0.2, 0.25) is 0 Å². The van der Waals surface area contributed by atoms with Crippen LogP contribution in [0.25, 0.3) is 0 Å². The number of aromatic nitrogens is 1. The van der Waals surface area contributed by atoms with Crippen molar-refractivity contribution in [2.24, 2.45) is 0 Å². The molecule has 0 aliphatic rings. The fourth-order valence-corrected chi connectivity index (χ4v) is 2.05. The van der Waals surface area contributed by atoms with Gasteiger partial charge in [-0.1, -0.05) is 20.8 Å². The van der Waals surface area contributed by atoms with Gasteiger partial charge in [-0.15, -0.1) is 11.3 Å². The number of carboxylic acids is 1. The first-order valence-corrected chi connectivity index (χ1v) is 5.62. The summed E-state index contributed by atoms with van der Waals surface area (Å²) < 4.78 is 0. The highest BCUT2D eigenvalue weighted by Gasteiger charge is 2.25. The zero-order valence-electron chi connectivity index (χ0n) is 9.35. The first kappa shape index (κ1) is 12.6. The van der Waals surface area contributed by atoms with Gasteiger partial charge in [0.2, 0.25) is 6.41 Å². The molecule has 0 saturated heterocycles. The topological polar surface area (TPSA) is 79.3 Å². The highest BCUT2D eigenvalue weighted by atomic mass is 32.1. The number of nitrogens with one attached hydrogen (secondary N) is 1. The fourth-order valence-electron chi connectivity index (χ4n) is 1.11. The van der Waals surface area contributed by atoms with Crippen LogP contribution in [0.4, 0.5) is 0 Å². The van der Waals surface area contributed by atoms with Crippen molar-refractivity contribution in [1.29, 1.82) is 0 Å². The number of carboxylic acid groups (broad SMARTS) is 1. The summed E-state index contributed by atoms with van der Waals surface area (Å²) in [4.78, 5) is 25.4. The van der Waals surface area contributed by atoms with Crippen molar-refractivity contribution in [3.05, 3.63) is 16.1 Å². The molecule has 0 aliphatic heterocycles. The maximum Gasteiger partial charge on any atom is 0.332 e. The smallest absolute Gasteiger partial charge is 0.332 e. The maximum absolute atomic E-state index is 10.9. The number of carbonyl (C=O) groups is 2. The van der Waals surface area contributed by atoms with Gasteiger partial charge in [-0.25, -0.2) is 9.78 Å². The number of nitrogens with zero attached hydrogens (tertiary/aromatic N) is 1. The first-order chi connectivity index (χ1) is 7.36. The fraction of sp³-hybridized carbons (Fsp3) is 0.500. The van der Waals surface area contributed by atoms with E-state index in [1.807, 2.05) is 20.8 Å². The number of rotatable bonds is 4. The minimum absolute atomic E-state index is 0.118. The van der Waals surface area contributed by atoms with Crippen LogP contribution in [-0.2, 0) is 15.0 Å². The molecule has 0 aromatic carbocycles. The Bertz CT molecular complexity index is 395. The second kappa shape index (κ2) is 4.61. The molecule has 0 radical (unpaired) electrons. The van der Waals surface area contributed by atoms with E-state index >= 15 is 0 Å². The standard InChI is InChI=1S/C10H14N2O3S/c1-10(2,3)9-12-6(4-16-9)7(8(14)15)11-5-13/h4-5,7H,1-3H3,(H,11,13)(H,14,15). The summed E-state index contributed by atoms with van der Waals surface area (Å²) in [7, 11) is 0. The van der Waals surface area contributed by atoms with Gasteiger partial charge in [0.15, 0.2) is 6.04 Å². The SMILES string of the molecule is CC(C)(C)c1nc(C(NC=O)C(=O)O)cs1. The van der Waals surface area contributed by atoms with Crippen LogP contribution in [0, 0.1) is 0 Å². The number of aliphatic carboxylic acids is 1. The Morgan fingerprint density at radius 3 is 2.62 bits per heavy atom. The van der Waals surface area contributed by atoms with Gasteiger partial charge < -0.3 is 10.4 Å². The number of hydrogen-bond acceptors (Lipinski definition) is 4. The van der Waals surface area contributed by atoms with Gasteiger partial charge in [-0.2, -0.15) is 0 Å². The lowest BCUT2D eigenvalue weighted by atomic mass is 9.98. The van der Waals surface area contributed by atoms with E-state index in [-0.39, 0.29) is 5.41 Å². The number of carbonyl (C=O) groups excluding carboxylic acids is 1. The Balaban J connectivity index is 2.99. The van der Waals surface area contributed by atoms with E-state index in [1.165, 1.54) is 11.3 Å². The van der Waals surface area contributed by atoms with E-state index < -0.39 is 12.0 Å². The molecule has 1 heterocycles. The molecule has 2 N–H and O–H groups in total. The molecule has 0 aliphatic carbocycles. The predicted octanol–water partition coefficient (Wildman–Crippen LogP) is 1.31. The third kappa shape index (κ3) is 2.79. The molecule has 0 fully saturated rings. The van der Waals surface area contributed by atoms with Crippen molar-refractivity contribution in [2.45, 2.75) is 32.2 Å². The zero-order valence-corrected chi connectivity index (χ0v) is 10.2. The van der Waals surface area contributed by atoms with Gasteiger partial charge >= 0.3 is 5.97 Å². The van der Waals surface area contributed by atoms with Gasteiger partial charge in [0.05, 0.1) is 10.7 Å². The Morgan fingerprint density at radius 1 is 1.62 bits per heavy atom. The summed E-state index contributed by atoms with van der Waals surface area (Å²) in [6.07, 6.45) is 0.370. The average molecular weight is 242 g/mol. The summed E-state index contributed by atoms with van der Waals surface area (Å²) in [5, 5.41) is 13.7. The molecule has 1 amide bonds. The van der Waals surface area contributed by atoms with E-state index in [4.69, 9.17) is 5.11 Å². The van der Waals surface area contributed by atoms with Crippen molar-refractivity contribution in [3.8, 4) is 0 Å². The third-order valence-corrected chi connectivity index (χ3v) is 3.23. The van der Waals surface area contributed by atoms with Gasteiger partial charge in [0, 0.05) is 10.8 Å². The molecule has 5 nitrogen and oxygen atoms in total. The molecule has 1 aromatic heterocycles. The van der Waals surface area contributed by atoms with Crippen LogP contribution in [0.15, 0.2) is 5.38 Å². The second-order valence-electron chi connectivity index (χ2n) is 4.38. The molecule has 0 bridgehead atoms. The molecule has 1 unspecified atom stereocenters. The van der Waals surface area contributed by atoms with Crippen LogP contribution in [0.3, 0.4) is 0 Å². The lowest BCUT2D eigenvalue weighted by molar-refractivity contribution is -0.140. The number of hydrogen-bond donors (Lipinski definition) is 2. The van der Waals surface area contributed by atoms with E-state index in [9.17, 15) is 9.59 Å². The highest BCUT2D eigenvalue weighted by molar-refractivity contribution is 7.09. The van der Waals surface area contributed by atoms with Gasteiger partial charge in [-0.05, 0) is 0 Å². The lowest BCUT2D eigenvalue weighted by Crippen LogP contribution is -2.27. The molecular formula is C10H14N2O3S. The molecule has 1 aromatic rings. The van der Waals surface area contributed by atoms with Gasteiger partial charge in [-0.3, -0.25) is 4.79 Å². The maximum atomic E-state index is 10.9. The molecule has 88 valence electrons. The Kier molecular flexibility index (Phi) is 3.64. The molecule has 0 saturated carbocycles. The Hall–Kier alpha value is -1.43. The summed E-state index contributed by atoms with van der Waals surface area (Å²) in [5.74, 6) is -1.11. The third-order valence-electron chi connectivity index (χ3n) is 1.94. The van der Waals surface area contributed by atoms with Gasteiger partial charge in [0.25, 0.3) is 0 Å². The van der Waals surface area contributed by atoms with Crippen molar-refractivity contribution < 1.29 is 14.7 Å². The summed E-state index contributed by atoms with van der Waals surface area (Å²) in [6, 6.07) is -1.06. The first-order valence-electron chi connectivity index (χ1n) is 4.74. The van der Waals surface area contributed by atoms with Crippen LogP contribution in [0.5, 0.6) is 0 Å². The summed E-state index contributed by atoms with van der Waals surface area (Å²) in [6.45, 7) is 6.00. The molecular weight excluding hydrogens is 228 g/mol. The van der Waals surface area contributed by atoms with Gasteiger partial charge in [0.1, 0.15) is 0 Å². The molecule has 0 spiro atoms. The Labute approximate surface area is 97.5 Å². The van der Waals surface area contributed by atoms with Crippen LogP contribution < -0.4 is 5.32 Å². The van der Waals surface area contributed by atoms with Crippen molar-refractivity contribution >= 4 is 23.7 Å².